The molecule has 1 atom stereocenters. The van der Waals surface area contributed by atoms with E-state index in [1.165, 1.54) is 11.3 Å². The molecule has 0 spiro atoms. The van der Waals surface area contributed by atoms with Gasteiger partial charge in [0, 0.05) is 48.6 Å². The van der Waals surface area contributed by atoms with E-state index in [4.69, 9.17) is 9.72 Å². The van der Waals surface area contributed by atoms with Crippen LogP contribution >= 0.6 is 0 Å². The Balaban J connectivity index is 1.42. The van der Waals surface area contributed by atoms with Crippen LogP contribution < -0.4 is 10.2 Å². The normalized spacial score (nSPS) is 15.1. The van der Waals surface area contributed by atoms with E-state index in [9.17, 15) is 0 Å². The third kappa shape index (κ3) is 4.03. The van der Waals surface area contributed by atoms with Crippen molar-refractivity contribution in [2.75, 3.05) is 36.5 Å². The van der Waals surface area contributed by atoms with Gasteiger partial charge in [0.2, 0.25) is 5.95 Å². The Morgan fingerprint density at radius 2 is 1.97 bits per heavy atom. The third-order valence-electron chi connectivity index (χ3n) is 6.15. The van der Waals surface area contributed by atoms with Gasteiger partial charge < -0.3 is 19.9 Å². The molecular formula is C25H28N6O. The number of H-pyrrole nitrogens is 1. The van der Waals surface area contributed by atoms with Crippen molar-refractivity contribution in [3.8, 4) is 11.3 Å². The first-order valence-electron chi connectivity index (χ1n) is 11.2. The number of pyridine rings is 1. The van der Waals surface area contributed by atoms with Crippen molar-refractivity contribution in [2.45, 2.75) is 26.2 Å². The summed E-state index contributed by atoms with van der Waals surface area (Å²) in [6, 6.07) is 12.4. The quantitative estimate of drug-likeness (QED) is 0.444. The average molecular weight is 429 g/mol. The minimum absolute atomic E-state index is 0.466. The molecule has 0 radical (unpaired) electrons. The second-order valence-corrected chi connectivity index (χ2v) is 8.18. The predicted octanol–water partition coefficient (Wildman–Crippen LogP) is 5.11. The number of ether oxygens (including phenoxy) is 1. The molecule has 4 heterocycles. The summed E-state index contributed by atoms with van der Waals surface area (Å²) in [4.78, 5) is 19.6. The SMILES string of the molecule is CCC(C)c1ccnc2c(-c3ccnc(Nc4cccc(N5CCOCC5)c4)n3)c[nH]c12. The molecule has 1 fully saturated rings. The van der Waals surface area contributed by atoms with E-state index in [0.29, 0.717) is 11.9 Å². The van der Waals surface area contributed by atoms with Gasteiger partial charge in [0.25, 0.3) is 0 Å². The summed E-state index contributed by atoms with van der Waals surface area (Å²) in [6.07, 6.45) is 6.75. The fourth-order valence-corrected chi connectivity index (χ4v) is 4.17. The molecule has 0 amide bonds. The minimum Gasteiger partial charge on any atom is -0.378 e. The number of rotatable bonds is 6. The molecule has 7 heteroatoms. The highest BCUT2D eigenvalue weighted by Gasteiger charge is 2.15. The molecule has 1 saturated heterocycles. The van der Waals surface area contributed by atoms with Crippen LogP contribution in [0.15, 0.2) is 55.0 Å². The Morgan fingerprint density at radius 1 is 1.12 bits per heavy atom. The van der Waals surface area contributed by atoms with Gasteiger partial charge in [-0.15, -0.1) is 0 Å². The molecule has 7 nitrogen and oxygen atoms in total. The largest absolute Gasteiger partial charge is 0.378 e. The molecule has 2 N–H and O–H groups in total. The van der Waals surface area contributed by atoms with E-state index in [0.717, 1.165) is 60.7 Å². The van der Waals surface area contributed by atoms with Crippen LogP contribution in [0.1, 0.15) is 31.7 Å². The summed E-state index contributed by atoms with van der Waals surface area (Å²) in [5.74, 6) is 1.03. The molecule has 1 aliphatic heterocycles. The van der Waals surface area contributed by atoms with Gasteiger partial charge in [-0.1, -0.05) is 19.9 Å². The Labute approximate surface area is 187 Å². The highest BCUT2D eigenvalue weighted by Crippen LogP contribution is 2.32. The van der Waals surface area contributed by atoms with E-state index in [1.54, 1.807) is 6.20 Å². The number of aromatic nitrogens is 4. The molecule has 164 valence electrons. The topological polar surface area (TPSA) is 79.0 Å². The van der Waals surface area contributed by atoms with Crippen LogP contribution in [0.3, 0.4) is 0 Å². The zero-order chi connectivity index (χ0) is 21.9. The number of hydrogen-bond acceptors (Lipinski definition) is 6. The number of benzene rings is 1. The van der Waals surface area contributed by atoms with Crippen LogP contribution in [0.2, 0.25) is 0 Å². The van der Waals surface area contributed by atoms with Crippen molar-refractivity contribution < 1.29 is 4.74 Å². The van der Waals surface area contributed by atoms with Gasteiger partial charge in [-0.3, -0.25) is 4.98 Å². The first kappa shape index (κ1) is 20.5. The monoisotopic (exact) mass is 428 g/mol. The number of nitrogens with zero attached hydrogens (tertiary/aromatic N) is 4. The van der Waals surface area contributed by atoms with Crippen LogP contribution in [0, 0.1) is 0 Å². The lowest BCUT2D eigenvalue weighted by molar-refractivity contribution is 0.122. The zero-order valence-corrected chi connectivity index (χ0v) is 18.5. The fourth-order valence-electron chi connectivity index (χ4n) is 4.17. The van der Waals surface area contributed by atoms with E-state index in [1.807, 2.05) is 24.5 Å². The standard InChI is InChI=1S/C25H28N6O/c1-3-17(2)20-7-9-26-24-21(16-28-23(20)24)22-8-10-27-25(30-22)29-18-5-4-6-19(15-18)31-11-13-32-14-12-31/h4-10,15-17,28H,3,11-14H2,1-2H3,(H,27,29,30). The molecule has 0 bridgehead atoms. The zero-order valence-electron chi connectivity index (χ0n) is 18.5. The van der Waals surface area contributed by atoms with E-state index < -0.39 is 0 Å². The maximum Gasteiger partial charge on any atom is 0.227 e. The summed E-state index contributed by atoms with van der Waals surface area (Å²) < 4.78 is 5.47. The van der Waals surface area contributed by atoms with Crippen molar-refractivity contribution >= 4 is 28.4 Å². The van der Waals surface area contributed by atoms with Gasteiger partial charge in [0.15, 0.2) is 0 Å². The van der Waals surface area contributed by atoms with Gasteiger partial charge in [-0.2, -0.15) is 0 Å². The third-order valence-corrected chi connectivity index (χ3v) is 6.15. The summed E-state index contributed by atoms with van der Waals surface area (Å²) in [5.41, 5.74) is 7.28. The van der Waals surface area contributed by atoms with Crippen LogP contribution in [-0.2, 0) is 4.74 Å². The van der Waals surface area contributed by atoms with Crippen LogP contribution in [-0.4, -0.2) is 46.2 Å². The Morgan fingerprint density at radius 3 is 2.81 bits per heavy atom. The van der Waals surface area contributed by atoms with E-state index >= 15 is 0 Å². The maximum atomic E-state index is 5.47. The van der Waals surface area contributed by atoms with Crippen molar-refractivity contribution in [2.24, 2.45) is 0 Å². The number of anilines is 3. The maximum absolute atomic E-state index is 5.47. The van der Waals surface area contributed by atoms with Crippen molar-refractivity contribution in [3.63, 3.8) is 0 Å². The molecular weight excluding hydrogens is 400 g/mol. The number of hydrogen-bond donors (Lipinski definition) is 2. The summed E-state index contributed by atoms with van der Waals surface area (Å²) in [7, 11) is 0. The first-order valence-corrected chi connectivity index (χ1v) is 11.2. The van der Waals surface area contributed by atoms with Crippen molar-refractivity contribution in [3.05, 3.63) is 60.6 Å². The second kappa shape index (κ2) is 8.96. The summed E-state index contributed by atoms with van der Waals surface area (Å²) >= 11 is 0. The molecule has 3 aromatic heterocycles. The van der Waals surface area contributed by atoms with Gasteiger partial charge in [0.05, 0.1) is 29.9 Å². The van der Waals surface area contributed by atoms with Gasteiger partial charge >= 0.3 is 0 Å². The Bertz CT molecular complexity index is 1210. The number of morpholine rings is 1. The van der Waals surface area contributed by atoms with Crippen molar-refractivity contribution in [1.29, 1.82) is 0 Å². The molecule has 0 aliphatic carbocycles. The molecule has 4 aromatic rings. The van der Waals surface area contributed by atoms with E-state index in [2.05, 4.69) is 63.3 Å². The fraction of sp³-hybridized carbons (Fsp3) is 0.320. The Kier molecular flexibility index (Phi) is 5.73. The predicted molar refractivity (Wildman–Crippen MR) is 129 cm³/mol. The Hall–Kier alpha value is -3.45. The van der Waals surface area contributed by atoms with Crippen LogP contribution in [0.4, 0.5) is 17.3 Å². The molecule has 0 saturated carbocycles. The number of fused-ring (bicyclic) bond motifs is 1. The summed E-state index contributed by atoms with van der Waals surface area (Å²) in [5, 5.41) is 3.36. The second-order valence-electron chi connectivity index (χ2n) is 8.18. The minimum atomic E-state index is 0.466. The number of aromatic amines is 1. The molecule has 5 rings (SSSR count). The van der Waals surface area contributed by atoms with Gasteiger partial charge in [-0.25, -0.2) is 9.97 Å². The smallest absolute Gasteiger partial charge is 0.227 e. The lowest BCUT2D eigenvalue weighted by atomic mass is 9.98. The van der Waals surface area contributed by atoms with E-state index in [-0.39, 0.29) is 0 Å². The van der Waals surface area contributed by atoms with Gasteiger partial charge in [0.1, 0.15) is 0 Å². The highest BCUT2D eigenvalue weighted by atomic mass is 16.5. The lowest BCUT2D eigenvalue weighted by Gasteiger charge is -2.29. The van der Waals surface area contributed by atoms with Crippen molar-refractivity contribution in [1.82, 2.24) is 19.9 Å². The lowest BCUT2D eigenvalue weighted by Crippen LogP contribution is -2.36. The highest BCUT2D eigenvalue weighted by molar-refractivity contribution is 5.93. The molecule has 1 aromatic carbocycles. The summed E-state index contributed by atoms with van der Waals surface area (Å²) in [6.45, 7) is 7.79. The molecule has 1 aliphatic rings. The molecule has 32 heavy (non-hydrogen) atoms. The molecule has 1 unspecified atom stereocenters. The average Bonchev–Trinajstić information content (AvgIpc) is 3.29. The number of nitrogens with one attached hydrogen (secondary N) is 2. The van der Waals surface area contributed by atoms with Crippen LogP contribution in [0.5, 0.6) is 0 Å². The van der Waals surface area contributed by atoms with Crippen LogP contribution in [0.25, 0.3) is 22.3 Å². The first-order chi connectivity index (χ1) is 15.7. The van der Waals surface area contributed by atoms with Gasteiger partial charge in [-0.05, 0) is 48.2 Å².